The maximum Gasteiger partial charge on any atom is 0.238 e. The molecular weight excluding hydrogens is 235 g/mol. The third kappa shape index (κ3) is 2.86. The van der Waals surface area contributed by atoms with Crippen LogP contribution in [0.25, 0.3) is 0 Å². The molecule has 0 spiro atoms. The van der Waals surface area contributed by atoms with Gasteiger partial charge in [-0.05, 0) is 31.4 Å². The van der Waals surface area contributed by atoms with Crippen LogP contribution >= 0.6 is 0 Å². The molecule has 0 bridgehead atoms. The second kappa shape index (κ2) is 5.46. The highest BCUT2D eigenvalue weighted by Gasteiger charge is 2.36. The summed E-state index contributed by atoms with van der Waals surface area (Å²) in [5.41, 5.74) is -0.136. The van der Waals surface area contributed by atoms with Crippen molar-refractivity contribution < 1.29 is 14.3 Å². The number of carbonyl (C=O) groups is 1. The van der Waals surface area contributed by atoms with Crippen LogP contribution in [-0.4, -0.2) is 29.7 Å². The quantitative estimate of drug-likeness (QED) is 0.739. The summed E-state index contributed by atoms with van der Waals surface area (Å²) in [6.07, 6.45) is 2.80. The van der Waals surface area contributed by atoms with Crippen molar-refractivity contribution in [1.29, 1.82) is 0 Å². The number of hydrogen-bond donors (Lipinski definition) is 3. The Hall–Kier alpha value is -1.46. The smallest absolute Gasteiger partial charge is 0.238 e. The van der Waals surface area contributed by atoms with Crippen LogP contribution in [0, 0.1) is 5.82 Å². The van der Waals surface area contributed by atoms with Crippen molar-refractivity contribution in [3.05, 3.63) is 30.1 Å². The number of nitrogens with one attached hydrogen (secondary N) is 2. The van der Waals surface area contributed by atoms with E-state index < -0.39 is 5.82 Å². The Bertz CT molecular complexity index is 427. The molecule has 1 aromatic carbocycles. The van der Waals surface area contributed by atoms with Crippen LogP contribution in [0.3, 0.4) is 0 Å². The molecule has 0 unspecified atom stereocenters. The average molecular weight is 252 g/mol. The number of rotatable bonds is 5. The maximum absolute atomic E-state index is 13.3. The van der Waals surface area contributed by atoms with Gasteiger partial charge in [0.25, 0.3) is 0 Å². The van der Waals surface area contributed by atoms with E-state index in [1.807, 2.05) is 0 Å². The Morgan fingerprint density at radius 3 is 2.67 bits per heavy atom. The lowest BCUT2D eigenvalue weighted by atomic mass is 9.77. The molecule has 0 atom stereocenters. The van der Waals surface area contributed by atoms with E-state index in [0.717, 1.165) is 19.3 Å². The average Bonchev–Trinajstić information content (AvgIpc) is 2.31. The summed E-state index contributed by atoms with van der Waals surface area (Å²) in [7, 11) is 0. The van der Waals surface area contributed by atoms with Crippen molar-refractivity contribution in [2.24, 2.45) is 0 Å². The van der Waals surface area contributed by atoms with Crippen molar-refractivity contribution in [2.75, 3.05) is 18.5 Å². The first-order valence-corrected chi connectivity index (χ1v) is 6.05. The van der Waals surface area contributed by atoms with Gasteiger partial charge in [-0.1, -0.05) is 12.1 Å². The van der Waals surface area contributed by atoms with E-state index in [1.165, 1.54) is 12.1 Å². The molecular formula is C13H17FN2O2. The standard InChI is InChI=1S/C13H17FN2O2/c14-10-4-1-2-5-11(10)16-12(18)8-15-13(9-17)6-3-7-13/h1-2,4-5,15,17H,3,6-9H2,(H,16,18). The van der Waals surface area contributed by atoms with Crippen molar-refractivity contribution in [3.63, 3.8) is 0 Å². The predicted octanol–water partition coefficient (Wildman–Crippen LogP) is 1.27. The molecule has 1 aliphatic carbocycles. The number of para-hydroxylation sites is 1. The molecule has 1 aromatic rings. The minimum absolute atomic E-state index is 0.0278. The molecule has 0 saturated heterocycles. The molecule has 3 N–H and O–H groups in total. The van der Waals surface area contributed by atoms with E-state index in [9.17, 15) is 14.3 Å². The zero-order chi connectivity index (χ0) is 13.0. The lowest BCUT2D eigenvalue weighted by Gasteiger charge is -2.41. The molecule has 1 fully saturated rings. The van der Waals surface area contributed by atoms with Crippen LogP contribution in [0.2, 0.25) is 0 Å². The van der Waals surface area contributed by atoms with E-state index >= 15 is 0 Å². The predicted molar refractivity (Wildman–Crippen MR) is 66.7 cm³/mol. The highest BCUT2D eigenvalue weighted by Crippen LogP contribution is 2.30. The summed E-state index contributed by atoms with van der Waals surface area (Å²) in [5, 5.41) is 14.8. The number of carbonyl (C=O) groups excluding carboxylic acids is 1. The van der Waals surface area contributed by atoms with Gasteiger partial charge in [-0.3, -0.25) is 4.79 Å². The van der Waals surface area contributed by atoms with E-state index in [4.69, 9.17) is 0 Å². The first-order valence-electron chi connectivity index (χ1n) is 6.05. The SMILES string of the molecule is O=C(CNC1(CO)CCC1)Nc1ccccc1F. The number of hydrogen-bond acceptors (Lipinski definition) is 3. The Kier molecular flexibility index (Phi) is 3.93. The second-order valence-corrected chi connectivity index (χ2v) is 4.67. The highest BCUT2D eigenvalue weighted by molar-refractivity contribution is 5.92. The Labute approximate surface area is 105 Å². The van der Waals surface area contributed by atoms with E-state index in [0.29, 0.717) is 0 Å². The molecule has 98 valence electrons. The topological polar surface area (TPSA) is 61.4 Å². The molecule has 2 rings (SSSR count). The number of anilines is 1. The molecule has 0 radical (unpaired) electrons. The van der Waals surface area contributed by atoms with Crippen molar-refractivity contribution in [2.45, 2.75) is 24.8 Å². The molecule has 0 aliphatic heterocycles. The maximum atomic E-state index is 13.3. The largest absolute Gasteiger partial charge is 0.394 e. The Morgan fingerprint density at radius 1 is 1.39 bits per heavy atom. The zero-order valence-electron chi connectivity index (χ0n) is 10.1. The van der Waals surface area contributed by atoms with Crippen LogP contribution in [0.15, 0.2) is 24.3 Å². The Morgan fingerprint density at radius 2 is 2.11 bits per heavy atom. The fourth-order valence-corrected chi connectivity index (χ4v) is 2.02. The summed E-state index contributed by atoms with van der Waals surface area (Å²) in [6, 6.07) is 6.04. The second-order valence-electron chi connectivity index (χ2n) is 4.67. The molecule has 0 heterocycles. The third-order valence-corrected chi connectivity index (χ3v) is 3.39. The van der Waals surface area contributed by atoms with Gasteiger partial charge in [-0.15, -0.1) is 0 Å². The lowest BCUT2D eigenvalue weighted by Crippen LogP contribution is -2.55. The normalized spacial score (nSPS) is 17.0. The van der Waals surface area contributed by atoms with E-state index in [1.54, 1.807) is 12.1 Å². The molecule has 1 amide bonds. The summed E-state index contributed by atoms with van der Waals surface area (Å²) in [4.78, 5) is 11.6. The van der Waals surface area contributed by atoms with E-state index in [2.05, 4.69) is 10.6 Å². The van der Waals surface area contributed by atoms with Gasteiger partial charge in [0.2, 0.25) is 5.91 Å². The summed E-state index contributed by atoms with van der Waals surface area (Å²) in [5.74, 6) is -0.758. The molecule has 18 heavy (non-hydrogen) atoms. The van der Waals surface area contributed by atoms with Gasteiger partial charge in [-0.25, -0.2) is 4.39 Å². The highest BCUT2D eigenvalue weighted by atomic mass is 19.1. The number of halogens is 1. The minimum Gasteiger partial charge on any atom is -0.394 e. The fourth-order valence-electron chi connectivity index (χ4n) is 2.02. The molecule has 1 saturated carbocycles. The van der Waals surface area contributed by atoms with Gasteiger partial charge in [0.1, 0.15) is 5.82 Å². The van der Waals surface area contributed by atoms with Gasteiger partial charge in [0.15, 0.2) is 0 Å². The summed E-state index contributed by atoms with van der Waals surface area (Å²) in [6.45, 7) is 0.106. The van der Waals surface area contributed by atoms with E-state index in [-0.39, 0.29) is 30.3 Å². The van der Waals surface area contributed by atoms with Gasteiger partial charge in [0.05, 0.1) is 18.8 Å². The van der Waals surface area contributed by atoms with Crippen molar-refractivity contribution in [1.82, 2.24) is 5.32 Å². The third-order valence-electron chi connectivity index (χ3n) is 3.39. The Balaban J connectivity index is 1.84. The molecule has 0 aromatic heterocycles. The summed E-state index contributed by atoms with van der Waals surface area (Å²) < 4.78 is 13.3. The lowest BCUT2D eigenvalue weighted by molar-refractivity contribution is -0.116. The monoisotopic (exact) mass is 252 g/mol. The van der Waals surface area contributed by atoms with Crippen molar-refractivity contribution >= 4 is 11.6 Å². The number of benzene rings is 1. The van der Waals surface area contributed by atoms with Gasteiger partial charge in [-0.2, -0.15) is 0 Å². The minimum atomic E-state index is -0.452. The van der Waals surface area contributed by atoms with Crippen LogP contribution in [0.5, 0.6) is 0 Å². The van der Waals surface area contributed by atoms with Crippen LogP contribution in [0.1, 0.15) is 19.3 Å². The van der Waals surface area contributed by atoms with Gasteiger partial charge in [0, 0.05) is 5.54 Å². The van der Waals surface area contributed by atoms with Gasteiger partial charge >= 0.3 is 0 Å². The van der Waals surface area contributed by atoms with Crippen LogP contribution < -0.4 is 10.6 Å². The van der Waals surface area contributed by atoms with Crippen LogP contribution in [-0.2, 0) is 4.79 Å². The zero-order valence-corrected chi connectivity index (χ0v) is 10.1. The first-order chi connectivity index (χ1) is 8.65. The fraction of sp³-hybridized carbons (Fsp3) is 0.462. The molecule has 1 aliphatic rings. The first kappa shape index (κ1) is 13.0. The van der Waals surface area contributed by atoms with Gasteiger partial charge < -0.3 is 15.7 Å². The molecule has 5 heteroatoms. The van der Waals surface area contributed by atoms with Crippen molar-refractivity contribution in [3.8, 4) is 0 Å². The van der Waals surface area contributed by atoms with Crippen LogP contribution in [0.4, 0.5) is 10.1 Å². The number of amides is 1. The number of aliphatic hydroxyl groups is 1. The molecule has 4 nitrogen and oxygen atoms in total. The number of aliphatic hydroxyl groups excluding tert-OH is 1. The summed E-state index contributed by atoms with van der Waals surface area (Å²) >= 11 is 0.